The van der Waals surface area contributed by atoms with Gasteiger partial charge in [0.05, 0.1) is 0 Å². The van der Waals surface area contributed by atoms with E-state index in [0.717, 1.165) is 5.57 Å². The molecule has 142 valence electrons. The van der Waals surface area contributed by atoms with Gasteiger partial charge in [-0.15, -0.1) is 6.42 Å². The Balaban J connectivity index is -0.000000338. The van der Waals surface area contributed by atoms with Crippen LogP contribution in [-0.4, -0.2) is 0 Å². The van der Waals surface area contributed by atoms with Crippen LogP contribution in [0.3, 0.4) is 0 Å². The van der Waals surface area contributed by atoms with Crippen molar-refractivity contribution in [3.63, 3.8) is 0 Å². The van der Waals surface area contributed by atoms with E-state index in [2.05, 4.69) is 74.9 Å². The minimum absolute atomic E-state index is 0. The van der Waals surface area contributed by atoms with E-state index < -0.39 is 0 Å². The van der Waals surface area contributed by atoms with Crippen molar-refractivity contribution < 1.29 is 0 Å². The lowest BCUT2D eigenvalue weighted by atomic mass is 10.1. The topological polar surface area (TPSA) is 0 Å². The van der Waals surface area contributed by atoms with E-state index in [1.807, 2.05) is 40.7 Å². The number of allylic oxidation sites excluding steroid dienone is 2. The van der Waals surface area contributed by atoms with Crippen LogP contribution in [0, 0.1) is 26.2 Å². The van der Waals surface area contributed by atoms with Crippen LogP contribution >= 0.6 is 0 Å². The predicted molar refractivity (Wildman–Crippen MR) is 124 cm³/mol. The summed E-state index contributed by atoms with van der Waals surface area (Å²) in [5.74, 6) is 2.52. The molecule has 26 heavy (non-hydrogen) atoms. The second-order valence-electron chi connectivity index (χ2n) is 4.97. The standard InChI is InChI=1S/C12H12.C9H10.2C2H6.CH4/c1-4-5-11(3)12-8-6-10(2)7-9-12;1-3-9-6-4-8(2)5-7-9;2*1-2;/h1,5-9H,2-3H3;3-7H,1H2,2H3;2*1-2H3;1H4/b11-5+;;;;. The molecule has 0 aliphatic rings. The quantitative estimate of drug-likeness (QED) is 0.477. The van der Waals surface area contributed by atoms with Crippen LogP contribution in [0.4, 0.5) is 0 Å². The maximum absolute atomic E-state index is 5.17. The molecule has 0 nitrogen and oxygen atoms in total. The molecule has 0 spiro atoms. The van der Waals surface area contributed by atoms with Crippen molar-refractivity contribution in [3.8, 4) is 12.3 Å². The molecular formula is C26H38. The molecule has 0 saturated heterocycles. The molecule has 0 atom stereocenters. The van der Waals surface area contributed by atoms with Gasteiger partial charge in [0.25, 0.3) is 0 Å². The minimum atomic E-state index is 0. The predicted octanol–water partition coefficient (Wildman–Crippen LogP) is 8.36. The van der Waals surface area contributed by atoms with E-state index in [1.54, 1.807) is 6.08 Å². The molecule has 0 fully saturated rings. The van der Waals surface area contributed by atoms with Crippen molar-refractivity contribution in [1.82, 2.24) is 0 Å². The molecule has 2 aromatic rings. The maximum Gasteiger partial charge on any atom is -0.00863 e. The Morgan fingerprint density at radius 1 is 0.846 bits per heavy atom. The zero-order chi connectivity index (χ0) is 19.7. The highest BCUT2D eigenvalue weighted by Gasteiger charge is 1.92. The van der Waals surface area contributed by atoms with Crippen LogP contribution in [0.2, 0.25) is 0 Å². The Morgan fingerprint density at radius 2 is 1.23 bits per heavy atom. The number of benzene rings is 2. The molecule has 0 unspecified atom stereocenters. The van der Waals surface area contributed by atoms with Gasteiger partial charge in [0.15, 0.2) is 0 Å². The molecule has 0 aliphatic heterocycles. The molecule has 0 N–H and O–H groups in total. The van der Waals surface area contributed by atoms with Gasteiger partial charge in [-0.25, -0.2) is 0 Å². The molecule has 0 aliphatic carbocycles. The second kappa shape index (κ2) is 18.8. The number of hydrogen-bond donors (Lipinski definition) is 0. The molecule has 0 amide bonds. The third-order valence-electron chi connectivity index (χ3n) is 3.12. The highest BCUT2D eigenvalue weighted by atomic mass is 14.0. The van der Waals surface area contributed by atoms with E-state index in [0.29, 0.717) is 0 Å². The average Bonchev–Trinajstić information content (AvgIpc) is 2.67. The molecule has 0 heteroatoms. The molecule has 2 rings (SSSR count). The Morgan fingerprint density at radius 3 is 1.58 bits per heavy atom. The van der Waals surface area contributed by atoms with Crippen molar-refractivity contribution in [2.45, 2.75) is 55.9 Å². The summed E-state index contributed by atoms with van der Waals surface area (Å²) in [7, 11) is 0. The monoisotopic (exact) mass is 350 g/mol. The maximum atomic E-state index is 5.17. The number of hydrogen-bond acceptors (Lipinski definition) is 0. The normalized spacial score (nSPS) is 8.62. The number of rotatable bonds is 2. The lowest BCUT2D eigenvalue weighted by Gasteiger charge is -1.99. The van der Waals surface area contributed by atoms with E-state index in [1.165, 1.54) is 22.3 Å². The second-order valence-corrected chi connectivity index (χ2v) is 4.97. The summed E-state index contributed by atoms with van der Waals surface area (Å²) in [5, 5.41) is 0. The van der Waals surface area contributed by atoms with E-state index in [-0.39, 0.29) is 7.43 Å². The summed E-state index contributed by atoms with van der Waals surface area (Å²) in [5.41, 5.74) is 6.07. The van der Waals surface area contributed by atoms with E-state index in [9.17, 15) is 0 Å². The van der Waals surface area contributed by atoms with Crippen LogP contribution in [0.25, 0.3) is 11.6 Å². The molecule has 0 radical (unpaired) electrons. The third kappa shape index (κ3) is 12.8. The first kappa shape index (κ1) is 28.3. The van der Waals surface area contributed by atoms with Crippen LogP contribution in [0.1, 0.15) is 64.3 Å². The van der Waals surface area contributed by atoms with Crippen molar-refractivity contribution in [2.75, 3.05) is 0 Å². The Labute approximate surface area is 163 Å². The SMILES string of the molecule is C.C#C/C=C(\C)c1ccc(C)cc1.C=Cc1ccc(C)cc1.CC.CC. The molecule has 2 aromatic carbocycles. The number of terminal acetylenes is 1. The molecule has 0 aromatic heterocycles. The Bertz CT molecular complexity index is 632. The third-order valence-corrected chi connectivity index (χ3v) is 3.12. The summed E-state index contributed by atoms with van der Waals surface area (Å²) in [6.07, 6.45) is 8.80. The fraction of sp³-hybridized carbons (Fsp3) is 0.308. The van der Waals surface area contributed by atoms with Crippen LogP contribution in [-0.2, 0) is 0 Å². The van der Waals surface area contributed by atoms with Gasteiger partial charge in [-0.2, -0.15) is 0 Å². The highest BCUT2D eigenvalue weighted by molar-refractivity contribution is 5.66. The summed E-state index contributed by atoms with van der Waals surface area (Å²) < 4.78 is 0. The van der Waals surface area contributed by atoms with Gasteiger partial charge in [0, 0.05) is 0 Å². The smallest absolute Gasteiger partial charge is 0.00863 e. The van der Waals surface area contributed by atoms with Crippen LogP contribution in [0.5, 0.6) is 0 Å². The van der Waals surface area contributed by atoms with E-state index in [4.69, 9.17) is 6.42 Å². The lowest BCUT2D eigenvalue weighted by Crippen LogP contribution is -1.78. The van der Waals surface area contributed by atoms with Crippen LogP contribution < -0.4 is 0 Å². The zero-order valence-corrected chi connectivity index (χ0v) is 17.1. The highest BCUT2D eigenvalue weighted by Crippen LogP contribution is 2.13. The van der Waals surface area contributed by atoms with Gasteiger partial charge in [0.1, 0.15) is 0 Å². The first-order chi connectivity index (χ1) is 12.1. The summed E-state index contributed by atoms with van der Waals surface area (Å²) >= 11 is 0. The summed E-state index contributed by atoms with van der Waals surface area (Å²) in [6.45, 7) is 17.8. The molecule has 0 saturated carbocycles. The largest absolute Gasteiger partial charge is 0.115 e. The summed E-state index contributed by atoms with van der Waals surface area (Å²) in [6, 6.07) is 16.6. The van der Waals surface area contributed by atoms with Crippen molar-refractivity contribution in [2.24, 2.45) is 0 Å². The first-order valence-electron chi connectivity index (χ1n) is 8.96. The molecule has 0 heterocycles. The van der Waals surface area contributed by atoms with Crippen molar-refractivity contribution >= 4 is 11.6 Å². The lowest BCUT2D eigenvalue weighted by molar-refractivity contribution is 1.44. The van der Waals surface area contributed by atoms with Crippen molar-refractivity contribution in [3.05, 3.63) is 83.4 Å². The Hall–Kier alpha value is -2.52. The minimum Gasteiger partial charge on any atom is -0.115 e. The van der Waals surface area contributed by atoms with Gasteiger partial charge >= 0.3 is 0 Å². The zero-order valence-electron chi connectivity index (χ0n) is 17.1. The summed E-state index contributed by atoms with van der Waals surface area (Å²) in [4.78, 5) is 0. The van der Waals surface area contributed by atoms with E-state index >= 15 is 0 Å². The van der Waals surface area contributed by atoms with Crippen molar-refractivity contribution in [1.29, 1.82) is 0 Å². The fourth-order valence-electron chi connectivity index (χ4n) is 1.73. The average molecular weight is 351 g/mol. The van der Waals surface area contributed by atoms with Gasteiger partial charge in [-0.3, -0.25) is 0 Å². The van der Waals surface area contributed by atoms with Gasteiger partial charge in [-0.1, -0.05) is 113 Å². The van der Waals surface area contributed by atoms with Gasteiger partial charge in [0.2, 0.25) is 0 Å². The number of aryl methyl sites for hydroxylation is 2. The first-order valence-corrected chi connectivity index (χ1v) is 8.96. The van der Waals surface area contributed by atoms with Crippen LogP contribution in [0.15, 0.2) is 61.2 Å². The fourth-order valence-corrected chi connectivity index (χ4v) is 1.73. The molecular weight excluding hydrogens is 312 g/mol. The molecule has 0 bridgehead atoms. The Kier molecular flexibility index (Phi) is 20.5. The van der Waals surface area contributed by atoms with Gasteiger partial charge in [-0.05, 0) is 43.5 Å². The van der Waals surface area contributed by atoms with Gasteiger partial charge < -0.3 is 0 Å².